The van der Waals surface area contributed by atoms with Crippen LogP contribution >= 0.6 is 0 Å². The fraction of sp³-hybridized carbons (Fsp3) is 0.556. The molecule has 2 aliphatic rings. The Bertz CT molecular complexity index is 641. The van der Waals surface area contributed by atoms with Gasteiger partial charge in [-0.15, -0.1) is 0 Å². The second kappa shape index (κ2) is 7.30. The van der Waals surface area contributed by atoms with Gasteiger partial charge in [-0.25, -0.2) is 4.39 Å². The molecule has 130 valence electrons. The van der Waals surface area contributed by atoms with Gasteiger partial charge in [-0.1, -0.05) is 32.1 Å². The van der Waals surface area contributed by atoms with Crippen molar-refractivity contribution >= 4 is 23.2 Å². The maximum Gasteiger partial charge on any atom is 0.241 e. The second-order valence-corrected chi connectivity index (χ2v) is 6.87. The minimum absolute atomic E-state index is 0.0695. The minimum atomic E-state index is -0.641. The van der Waals surface area contributed by atoms with Crippen molar-refractivity contribution in [2.45, 2.75) is 57.4 Å². The first-order chi connectivity index (χ1) is 11.5. The molecule has 5 nitrogen and oxygen atoms in total. The molecule has 1 aliphatic heterocycles. The number of fused-ring (bicyclic) bond motifs is 1. The van der Waals surface area contributed by atoms with Gasteiger partial charge in [0.25, 0.3) is 0 Å². The van der Waals surface area contributed by atoms with Gasteiger partial charge in [-0.3, -0.25) is 9.59 Å². The molecule has 0 aromatic heterocycles. The summed E-state index contributed by atoms with van der Waals surface area (Å²) in [5.41, 5.74) is 7.38. The Morgan fingerprint density at radius 3 is 2.79 bits per heavy atom. The molecule has 0 radical (unpaired) electrons. The highest BCUT2D eigenvalue weighted by Crippen LogP contribution is 2.30. The Kier molecular flexibility index (Phi) is 5.14. The topological polar surface area (TPSA) is 84.2 Å². The minimum Gasteiger partial charge on any atom is -0.326 e. The van der Waals surface area contributed by atoms with Gasteiger partial charge in [0.15, 0.2) is 0 Å². The van der Waals surface area contributed by atoms with Crippen molar-refractivity contribution in [3.05, 3.63) is 23.5 Å². The van der Waals surface area contributed by atoms with Gasteiger partial charge in [0.1, 0.15) is 5.82 Å². The van der Waals surface area contributed by atoms with E-state index < -0.39 is 11.9 Å². The summed E-state index contributed by atoms with van der Waals surface area (Å²) in [4.78, 5) is 23.7. The van der Waals surface area contributed by atoms with E-state index in [1.807, 2.05) is 0 Å². The lowest BCUT2D eigenvalue weighted by molar-refractivity contribution is -0.118. The first kappa shape index (κ1) is 16.9. The van der Waals surface area contributed by atoms with E-state index in [-0.39, 0.29) is 17.5 Å². The largest absolute Gasteiger partial charge is 0.326 e. The standard InChI is InChI=1S/C18H24FN3O2/c19-13-9-12-6-7-17(23)21-15(12)10-16(13)22-18(24)14(20)8-11-4-2-1-3-5-11/h9-11,14H,1-8,20H2,(H,21,23)(H,22,24). The summed E-state index contributed by atoms with van der Waals surface area (Å²) in [6.45, 7) is 0. The third-order valence-electron chi connectivity index (χ3n) is 5.00. The number of anilines is 2. The van der Waals surface area contributed by atoms with Crippen molar-refractivity contribution in [3.8, 4) is 0 Å². The van der Waals surface area contributed by atoms with Crippen LogP contribution in [0.4, 0.5) is 15.8 Å². The molecule has 3 rings (SSSR count). The highest BCUT2D eigenvalue weighted by atomic mass is 19.1. The number of carbonyl (C=O) groups is 2. The Labute approximate surface area is 141 Å². The predicted octanol–water partition coefficient (Wildman–Crippen LogP) is 2.95. The van der Waals surface area contributed by atoms with E-state index in [0.29, 0.717) is 30.9 Å². The van der Waals surface area contributed by atoms with Crippen molar-refractivity contribution in [3.63, 3.8) is 0 Å². The maximum atomic E-state index is 14.2. The Balaban J connectivity index is 1.65. The van der Waals surface area contributed by atoms with Crippen LogP contribution < -0.4 is 16.4 Å². The van der Waals surface area contributed by atoms with Gasteiger partial charge >= 0.3 is 0 Å². The number of rotatable bonds is 4. The zero-order valence-corrected chi connectivity index (χ0v) is 13.7. The lowest BCUT2D eigenvalue weighted by Gasteiger charge is -2.24. The lowest BCUT2D eigenvalue weighted by atomic mass is 9.85. The van der Waals surface area contributed by atoms with Gasteiger partial charge in [0.2, 0.25) is 11.8 Å². The monoisotopic (exact) mass is 333 g/mol. The number of hydrogen-bond acceptors (Lipinski definition) is 3. The van der Waals surface area contributed by atoms with E-state index in [1.165, 1.54) is 31.4 Å². The van der Waals surface area contributed by atoms with Crippen LogP contribution in [0.2, 0.25) is 0 Å². The SMILES string of the molecule is NC(CC1CCCCC1)C(=O)Nc1cc2c(cc1F)CCC(=O)N2. The average molecular weight is 333 g/mol. The summed E-state index contributed by atoms with van der Waals surface area (Å²) in [5.74, 6) is -0.489. The van der Waals surface area contributed by atoms with E-state index >= 15 is 0 Å². The number of benzene rings is 1. The van der Waals surface area contributed by atoms with Gasteiger partial charge in [-0.2, -0.15) is 0 Å². The molecule has 1 heterocycles. The summed E-state index contributed by atoms with van der Waals surface area (Å²) >= 11 is 0. The molecule has 1 unspecified atom stereocenters. The van der Waals surface area contributed by atoms with E-state index in [0.717, 1.165) is 18.4 Å². The van der Waals surface area contributed by atoms with Crippen LogP contribution in [0.3, 0.4) is 0 Å². The Morgan fingerprint density at radius 1 is 1.29 bits per heavy atom. The highest BCUT2D eigenvalue weighted by molar-refractivity contribution is 5.98. The zero-order valence-electron chi connectivity index (χ0n) is 13.7. The molecule has 2 amide bonds. The van der Waals surface area contributed by atoms with Crippen molar-refractivity contribution < 1.29 is 14.0 Å². The van der Waals surface area contributed by atoms with Crippen molar-refractivity contribution in [2.24, 2.45) is 11.7 Å². The first-order valence-corrected chi connectivity index (χ1v) is 8.71. The summed E-state index contributed by atoms with van der Waals surface area (Å²) in [6, 6.07) is 2.21. The molecule has 24 heavy (non-hydrogen) atoms. The van der Waals surface area contributed by atoms with E-state index in [9.17, 15) is 14.0 Å². The summed E-state index contributed by atoms with van der Waals surface area (Å²) in [6.07, 6.45) is 7.35. The number of amides is 2. The molecule has 1 fully saturated rings. The third-order valence-corrected chi connectivity index (χ3v) is 5.00. The molecule has 1 aromatic carbocycles. The van der Waals surface area contributed by atoms with E-state index in [1.54, 1.807) is 0 Å². The molecule has 0 spiro atoms. The number of aryl methyl sites for hydroxylation is 1. The number of nitrogens with one attached hydrogen (secondary N) is 2. The molecular formula is C18H24FN3O2. The van der Waals surface area contributed by atoms with Crippen LogP contribution in [0.1, 0.15) is 50.5 Å². The van der Waals surface area contributed by atoms with Gasteiger partial charge < -0.3 is 16.4 Å². The normalized spacial score (nSPS) is 19.3. The molecular weight excluding hydrogens is 309 g/mol. The van der Waals surface area contributed by atoms with Crippen LogP contribution in [0.25, 0.3) is 0 Å². The summed E-state index contributed by atoms with van der Waals surface area (Å²) in [5, 5.41) is 5.28. The van der Waals surface area contributed by atoms with Crippen LogP contribution in [-0.2, 0) is 16.0 Å². The molecule has 4 N–H and O–H groups in total. The van der Waals surface area contributed by atoms with Crippen molar-refractivity contribution in [1.29, 1.82) is 0 Å². The van der Waals surface area contributed by atoms with Crippen LogP contribution in [0.15, 0.2) is 12.1 Å². The number of carbonyl (C=O) groups excluding carboxylic acids is 2. The van der Waals surface area contributed by atoms with Gasteiger partial charge in [0.05, 0.1) is 11.7 Å². The third kappa shape index (κ3) is 3.93. The van der Waals surface area contributed by atoms with Crippen molar-refractivity contribution in [2.75, 3.05) is 10.6 Å². The van der Waals surface area contributed by atoms with Crippen molar-refractivity contribution in [1.82, 2.24) is 0 Å². The summed E-state index contributed by atoms with van der Waals surface area (Å²) < 4.78 is 14.2. The molecule has 1 aliphatic carbocycles. The Hall–Kier alpha value is -1.95. The zero-order chi connectivity index (χ0) is 17.1. The maximum absolute atomic E-state index is 14.2. The van der Waals surface area contributed by atoms with Gasteiger partial charge in [0, 0.05) is 12.1 Å². The average Bonchev–Trinajstić information content (AvgIpc) is 2.56. The highest BCUT2D eigenvalue weighted by Gasteiger charge is 2.23. The molecule has 1 atom stereocenters. The predicted molar refractivity (Wildman–Crippen MR) is 91.1 cm³/mol. The molecule has 0 bridgehead atoms. The molecule has 6 heteroatoms. The fourth-order valence-corrected chi connectivity index (χ4v) is 3.61. The molecule has 1 aromatic rings. The quantitative estimate of drug-likeness (QED) is 0.792. The van der Waals surface area contributed by atoms with Gasteiger partial charge in [-0.05, 0) is 36.5 Å². The fourth-order valence-electron chi connectivity index (χ4n) is 3.61. The first-order valence-electron chi connectivity index (χ1n) is 8.71. The van der Waals surface area contributed by atoms with Crippen LogP contribution in [0, 0.1) is 11.7 Å². The molecule has 1 saturated carbocycles. The second-order valence-electron chi connectivity index (χ2n) is 6.87. The number of nitrogens with two attached hydrogens (primary N) is 1. The Morgan fingerprint density at radius 2 is 2.04 bits per heavy atom. The van der Waals surface area contributed by atoms with E-state index in [4.69, 9.17) is 5.73 Å². The smallest absolute Gasteiger partial charge is 0.241 e. The van der Waals surface area contributed by atoms with Crippen LogP contribution in [0.5, 0.6) is 0 Å². The lowest BCUT2D eigenvalue weighted by Crippen LogP contribution is -2.37. The van der Waals surface area contributed by atoms with E-state index in [2.05, 4.69) is 10.6 Å². The number of halogens is 1. The molecule has 0 saturated heterocycles. The number of hydrogen-bond donors (Lipinski definition) is 3. The summed E-state index contributed by atoms with van der Waals surface area (Å²) in [7, 11) is 0. The van der Waals surface area contributed by atoms with Crippen LogP contribution in [-0.4, -0.2) is 17.9 Å².